The Balaban J connectivity index is 1.84. The number of aryl methyl sites for hydroxylation is 1. The molecule has 3 rings (SSSR count). The van der Waals surface area contributed by atoms with E-state index in [0.717, 1.165) is 17.0 Å². The summed E-state index contributed by atoms with van der Waals surface area (Å²) in [6.45, 7) is 7.63. The fourth-order valence-corrected chi connectivity index (χ4v) is 4.37. The minimum Gasteiger partial charge on any atom is -0.465 e. The van der Waals surface area contributed by atoms with Gasteiger partial charge in [-0.1, -0.05) is 18.5 Å². The first-order valence-corrected chi connectivity index (χ1v) is 11.4. The predicted octanol–water partition coefficient (Wildman–Crippen LogP) is 4.77. The van der Waals surface area contributed by atoms with Crippen molar-refractivity contribution in [3.05, 3.63) is 56.1 Å². The summed E-state index contributed by atoms with van der Waals surface area (Å²) >= 11 is 7.12. The molecule has 0 aliphatic heterocycles. The van der Waals surface area contributed by atoms with Crippen molar-refractivity contribution in [3.63, 3.8) is 0 Å². The number of hydrogen-bond acceptors (Lipinski definition) is 8. The van der Waals surface area contributed by atoms with Gasteiger partial charge in [-0.3, -0.25) is 9.48 Å². The molecule has 3 heterocycles. The molecule has 0 spiro atoms. The Bertz CT molecular complexity index is 1210. The second-order valence-corrected chi connectivity index (χ2v) is 8.65. The van der Waals surface area contributed by atoms with Crippen LogP contribution in [0.15, 0.2) is 16.5 Å². The second kappa shape index (κ2) is 10.2. The van der Waals surface area contributed by atoms with Crippen LogP contribution in [-0.4, -0.2) is 41.3 Å². The van der Waals surface area contributed by atoms with Gasteiger partial charge < -0.3 is 19.2 Å². The molecule has 0 fully saturated rings. The number of ether oxygens (including phenoxy) is 2. The number of thiophene rings is 1. The summed E-state index contributed by atoms with van der Waals surface area (Å²) in [5, 5.41) is 7.77. The normalized spacial score (nSPS) is 10.8. The summed E-state index contributed by atoms with van der Waals surface area (Å²) in [5.41, 5.74) is 1.99. The highest BCUT2D eigenvalue weighted by Gasteiger charge is 2.28. The Hall–Kier alpha value is -3.11. The van der Waals surface area contributed by atoms with Gasteiger partial charge in [0.15, 0.2) is 5.76 Å². The number of methoxy groups -OCH3 is 1. The van der Waals surface area contributed by atoms with E-state index in [4.69, 9.17) is 25.5 Å². The zero-order valence-electron chi connectivity index (χ0n) is 18.9. The van der Waals surface area contributed by atoms with Crippen LogP contribution in [0.25, 0.3) is 0 Å². The zero-order chi connectivity index (χ0) is 24.3. The standard InChI is InChI=1S/C22H24ClN3O6S/c1-6-9-31-21(28)16-11(2)18(22(29)30-5)33-20(16)24-19(27)15-8-7-14(32-15)10-26-13(4)17(23)12(3)25-26/h7-8H,6,9-10H2,1-5H3,(H,24,27). The number of halogens is 1. The third kappa shape index (κ3) is 5.12. The third-order valence-electron chi connectivity index (χ3n) is 4.87. The van der Waals surface area contributed by atoms with Crippen LogP contribution >= 0.6 is 22.9 Å². The van der Waals surface area contributed by atoms with Crippen LogP contribution in [0.3, 0.4) is 0 Å². The minimum atomic E-state index is -0.627. The first-order valence-electron chi connectivity index (χ1n) is 10.2. The van der Waals surface area contributed by atoms with Crippen molar-refractivity contribution in [2.75, 3.05) is 19.0 Å². The molecule has 11 heteroatoms. The number of carbonyl (C=O) groups is 3. The van der Waals surface area contributed by atoms with E-state index in [1.807, 2.05) is 20.8 Å². The highest BCUT2D eigenvalue weighted by molar-refractivity contribution is 7.18. The van der Waals surface area contributed by atoms with Crippen molar-refractivity contribution < 1.29 is 28.3 Å². The summed E-state index contributed by atoms with van der Waals surface area (Å²) in [6.07, 6.45) is 0.635. The number of rotatable bonds is 8. The van der Waals surface area contributed by atoms with Crippen molar-refractivity contribution in [1.82, 2.24) is 9.78 Å². The maximum absolute atomic E-state index is 12.8. The number of aromatic nitrogens is 2. The van der Waals surface area contributed by atoms with Crippen LogP contribution in [0, 0.1) is 20.8 Å². The monoisotopic (exact) mass is 493 g/mol. The van der Waals surface area contributed by atoms with E-state index in [0.29, 0.717) is 35.0 Å². The first-order chi connectivity index (χ1) is 15.7. The average Bonchev–Trinajstić information content (AvgIpc) is 3.45. The number of carbonyl (C=O) groups excluding carboxylic acids is 3. The third-order valence-corrected chi connectivity index (χ3v) is 6.60. The number of nitrogens with zero attached hydrogens (tertiary/aromatic N) is 2. The molecule has 0 unspecified atom stereocenters. The molecule has 0 atom stereocenters. The number of amides is 1. The van der Waals surface area contributed by atoms with E-state index in [9.17, 15) is 14.4 Å². The lowest BCUT2D eigenvalue weighted by Crippen LogP contribution is -2.14. The fourth-order valence-electron chi connectivity index (χ4n) is 3.13. The second-order valence-electron chi connectivity index (χ2n) is 7.25. The molecule has 0 radical (unpaired) electrons. The summed E-state index contributed by atoms with van der Waals surface area (Å²) in [5.74, 6) is -1.27. The molecule has 1 N–H and O–H groups in total. The van der Waals surface area contributed by atoms with Crippen molar-refractivity contribution in [1.29, 1.82) is 0 Å². The average molecular weight is 494 g/mol. The van der Waals surface area contributed by atoms with Crippen LogP contribution in [0.4, 0.5) is 5.00 Å². The van der Waals surface area contributed by atoms with Gasteiger partial charge in [-0.15, -0.1) is 11.3 Å². The first kappa shape index (κ1) is 24.5. The van der Waals surface area contributed by atoms with E-state index in [1.54, 1.807) is 17.7 Å². The van der Waals surface area contributed by atoms with Crippen molar-refractivity contribution in [2.24, 2.45) is 0 Å². The molecule has 9 nitrogen and oxygen atoms in total. The SMILES string of the molecule is CCCOC(=O)c1c(NC(=O)c2ccc(Cn3nc(C)c(Cl)c3C)o2)sc(C(=O)OC)c1C. The Labute approximate surface area is 199 Å². The lowest BCUT2D eigenvalue weighted by atomic mass is 10.1. The van der Waals surface area contributed by atoms with Crippen molar-refractivity contribution >= 4 is 45.8 Å². The Morgan fingerprint density at radius 1 is 1.21 bits per heavy atom. The summed E-state index contributed by atoms with van der Waals surface area (Å²) in [6, 6.07) is 3.18. The highest BCUT2D eigenvalue weighted by atomic mass is 35.5. The molecule has 0 saturated carbocycles. The molecule has 0 aromatic carbocycles. The van der Waals surface area contributed by atoms with E-state index >= 15 is 0 Å². The molecule has 0 aliphatic carbocycles. The van der Waals surface area contributed by atoms with E-state index in [2.05, 4.69) is 10.4 Å². The number of anilines is 1. The summed E-state index contributed by atoms with van der Waals surface area (Å²) < 4.78 is 17.4. The molecule has 0 saturated heterocycles. The molecular formula is C22H24ClN3O6S. The van der Waals surface area contributed by atoms with E-state index in [1.165, 1.54) is 13.2 Å². The van der Waals surface area contributed by atoms with Gasteiger partial charge in [0, 0.05) is 0 Å². The fraction of sp³-hybridized carbons (Fsp3) is 0.364. The number of hydrogen-bond donors (Lipinski definition) is 1. The molecule has 1 amide bonds. The Morgan fingerprint density at radius 2 is 1.94 bits per heavy atom. The number of esters is 2. The highest BCUT2D eigenvalue weighted by Crippen LogP contribution is 2.34. The quantitative estimate of drug-likeness (QED) is 0.449. The van der Waals surface area contributed by atoms with Gasteiger partial charge in [-0.25, -0.2) is 9.59 Å². The Kier molecular flexibility index (Phi) is 7.60. The van der Waals surface area contributed by atoms with Crippen molar-refractivity contribution in [2.45, 2.75) is 40.7 Å². The van der Waals surface area contributed by atoms with E-state index in [-0.39, 0.29) is 27.8 Å². The smallest absolute Gasteiger partial charge is 0.348 e. The number of nitrogens with one attached hydrogen (secondary N) is 1. The van der Waals surface area contributed by atoms with Gasteiger partial charge in [-0.05, 0) is 44.9 Å². The van der Waals surface area contributed by atoms with Crippen LogP contribution in [0.5, 0.6) is 0 Å². The van der Waals surface area contributed by atoms with Gasteiger partial charge in [-0.2, -0.15) is 5.10 Å². The van der Waals surface area contributed by atoms with Gasteiger partial charge in [0.2, 0.25) is 0 Å². The maximum Gasteiger partial charge on any atom is 0.348 e. The molecular weight excluding hydrogens is 470 g/mol. The largest absolute Gasteiger partial charge is 0.465 e. The van der Waals surface area contributed by atoms with Gasteiger partial charge in [0.05, 0.1) is 42.2 Å². The van der Waals surface area contributed by atoms with Crippen molar-refractivity contribution in [3.8, 4) is 0 Å². The summed E-state index contributed by atoms with van der Waals surface area (Å²) in [7, 11) is 1.25. The lowest BCUT2D eigenvalue weighted by molar-refractivity contribution is 0.0506. The summed E-state index contributed by atoms with van der Waals surface area (Å²) in [4.78, 5) is 37.8. The number of furan rings is 1. The van der Waals surface area contributed by atoms with Crippen LogP contribution < -0.4 is 5.32 Å². The molecule has 33 heavy (non-hydrogen) atoms. The topological polar surface area (TPSA) is 113 Å². The Morgan fingerprint density at radius 3 is 2.55 bits per heavy atom. The van der Waals surface area contributed by atoms with Crippen LogP contribution in [0.2, 0.25) is 5.02 Å². The lowest BCUT2D eigenvalue weighted by Gasteiger charge is -2.07. The maximum atomic E-state index is 12.8. The molecule has 0 bridgehead atoms. The molecule has 176 valence electrons. The van der Waals surface area contributed by atoms with Gasteiger partial charge >= 0.3 is 11.9 Å². The van der Waals surface area contributed by atoms with Crippen LogP contribution in [0.1, 0.15) is 66.6 Å². The van der Waals surface area contributed by atoms with Gasteiger partial charge in [0.25, 0.3) is 5.91 Å². The molecule has 3 aromatic heterocycles. The van der Waals surface area contributed by atoms with E-state index < -0.39 is 17.8 Å². The zero-order valence-corrected chi connectivity index (χ0v) is 20.5. The van der Waals surface area contributed by atoms with Gasteiger partial charge in [0.1, 0.15) is 15.6 Å². The predicted molar refractivity (Wildman–Crippen MR) is 123 cm³/mol. The molecule has 3 aromatic rings. The molecule has 0 aliphatic rings. The minimum absolute atomic E-state index is 0.0381. The van der Waals surface area contributed by atoms with Crippen LogP contribution in [-0.2, 0) is 16.0 Å².